The molecule has 0 saturated carbocycles. The van der Waals surface area contributed by atoms with Crippen molar-refractivity contribution < 1.29 is 4.39 Å². The Kier molecular flexibility index (Phi) is 2.64. The van der Waals surface area contributed by atoms with Gasteiger partial charge in [0.25, 0.3) is 0 Å². The molecule has 1 aliphatic rings. The van der Waals surface area contributed by atoms with Crippen LogP contribution in [0.4, 0.5) is 4.39 Å². The van der Waals surface area contributed by atoms with Gasteiger partial charge >= 0.3 is 0 Å². The molecule has 1 rings (SSSR count). The van der Waals surface area contributed by atoms with Gasteiger partial charge in [-0.05, 0) is 31.8 Å². The van der Waals surface area contributed by atoms with E-state index in [1.807, 2.05) is 19.0 Å². The Balaban J connectivity index is 2.57. The van der Waals surface area contributed by atoms with Crippen molar-refractivity contribution in [1.82, 2.24) is 4.90 Å². The third-order valence-corrected chi connectivity index (χ3v) is 1.31. The Hall–Kier alpha value is -0.850. The molecule has 0 heterocycles. The summed E-state index contributed by atoms with van der Waals surface area (Å²) in [6, 6.07) is 0. The van der Waals surface area contributed by atoms with Gasteiger partial charge in [0.1, 0.15) is 5.83 Å². The third kappa shape index (κ3) is 2.71. The summed E-state index contributed by atoms with van der Waals surface area (Å²) in [4.78, 5) is 1.98. The Morgan fingerprint density at radius 1 is 1.55 bits per heavy atom. The zero-order chi connectivity index (χ0) is 8.27. The summed E-state index contributed by atoms with van der Waals surface area (Å²) in [5.41, 5.74) is 3.84. The summed E-state index contributed by atoms with van der Waals surface area (Å²) in [7, 11) is 3.89. The first-order valence-corrected chi connectivity index (χ1v) is 3.49. The van der Waals surface area contributed by atoms with E-state index in [0.29, 0.717) is 0 Å². The van der Waals surface area contributed by atoms with Crippen molar-refractivity contribution in [1.29, 1.82) is 0 Å². The van der Waals surface area contributed by atoms with Gasteiger partial charge in [0.2, 0.25) is 0 Å². The number of likely N-dealkylation sites (N-methyl/N-ethyl adjacent to an activating group) is 1. The number of hydrogen-bond donors (Lipinski definition) is 0. The second-order valence-electron chi connectivity index (χ2n) is 2.77. The van der Waals surface area contributed by atoms with Gasteiger partial charge in [-0.25, -0.2) is 4.39 Å². The largest absolute Gasteiger partial charge is 0.305 e. The molecule has 0 amide bonds. The maximum atomic E-state index is 12.6. The number of halogens is 1. The van der Waals surface area contributed by atoms with Crippen LogP contribution in [0.25, 0.3) is 0 Å². The summed E-state index contributed by atoms with van der Waals surface area (Å²) >= 11 is 0. The van der Waals surface area contributed by atoms with Crippen molar-refractivity contribution in [3.05, 3.63) is 35.7 Å². The highest BCUT2D eigenvalue weighted by atomic mass is 19.1. The molecule has 0 bridgehead atoms. The molecule has 0 fully saturated rings. The molecule has 0 aliphatic heterocycles. The lowest BCUT2D eigenvalue weighted by atomic mass is 10.1. The van der Waals surface area contributed by atoms with Crippen LogP contribution in [0, 0.1) is 6.42 Å². The molecule has 1 nitrogen and oxygen atoms in total. The van der Waals surface area contributed by atoms with E-state index in [0.717, 1.165) is 12.1 Å². The van der Waals surface area contributed by atoms with Crippen LogP contribution in [0.3, 0.4) is 0 Å². The van der Waals surface area contributed by atoms with Gasteiger partial charge in [0, 0.05) is 6.54 Å². The minimum absolute atomic E-state index is 0.194. The summed E-state index contributed by atoms with van der Waals surface area (Å²) in [5, 5.41) is 0. The first-order chi connectivity index (χ1) is 5.18. The van der Waals surface area contributed by atoms with E-state index in [-0.39, 0.29) is 5.83 Å². The zero-order valence-corrected chi connectivity index (χ0v) is 6.76. The quantitative estimate of drug-likeness (QED) is 0.544. The normalized spacial score (nSPS) is 16.7. The molecule has 1 radical (unpaired) electrons. The first kappa shape index (κ1) is 8.25. The summed E-state index contributed by atoms with van der Waals surface area (Å²) in [6.45, 7) is 0.734. The van der Waals surface area contributed by atoms with Gasteiger partial charge in [-0.1, -0.05) is 0 Å². The van der Waals surface area contributed by atoms with Crippen LogP contribution < -0.4 is 0 Å². The Labute approximate surface area is 66.5 Å². The van der Waals surface area contributed by atoms with Gasteiger partial charge in [0.15, 0.2) is 0 Å². The first-order valence-electron chi connectivity index (χ1n) is 3.49. The molecule has 0 aromatic rings. The fourth-order valence-corrected chi connectivity index (χ4v) is 0.917. The Bertz CT molecular complexity index is 232. The van der Waals surface area contributed by atoms with Crippen molar-refractivity contribution in [2.75, 3.05) is 20.6 Å². The summed E-state index contributed by atoms with van der Waals surface area (Å²) < 4.78 is 12.6. The molecule has 11 heavy (non-hydrogen) atoms. The molecule has 0 aromatic heterocycles. The standard InChI is InChI=1S/C9H11FN/c1-11(2)7-8-4-3-5-9(10)6-8/h3,5-6H,7H2,1-2H3. The van der Waals surface area contributed by atoms with Crippen LogP contribution in [0.2, 0.25) is 0 Å². The number of rotatable bonds is 2. The lowest BCUT2D eigenvalue weighted by Gasteiger charge is -2.11. The monoisotopic (exact) mass is 152 g/mol. The van der Waals surface area contributed by atoms with E-state index in [1.54, 1.807) is 6.08 Å². The van der Waals surface area contributed by atoms with Crippen molar-refractivity contribution in [2.45, 2.75) is 0 Å². The predicted molar refractivity (Wildman–Crippen MR) is 43.6 cm³/mol. The zero-order valence-electron chi connectivity index (χ0n) is 6.76. The highest BCUT2D eigenvalue weighted by molar-refractivity contribution is 5.33. The summed E-state index contributed by atoms with van der Waals surface area (Å²) in [5.74, 6) is -0.194. The van der Waals surface area contributed by atoms with Crippen LogP contribution >= 0.6 is 0 Å². The van der Waals surface area contributed by atoms with E-state index >= 15 is 0 Å². The SMILES string of the molecule is CN(C)CC1=C=CC=C(F)[CH]1. The van der Waals surface area contributed by atoms with Crippen molar-refractivity contribution in [3.8, 4) is 0 Å². The Morgan fingerprint density at radius 2 is 2.27 bits per heavy atom. The molecule has 0 spiro atoms. The molecular formula is C9H11FN. The highest BCUT2D eigenvalue weighted by Gasteiger charge is 2.05. The van der Waals surface area contributed by atoms with Crippen molar-refractivity contribution in [3.63, 3.8) is 0 Å². The van der Waals surface area contributed by atoms with Gasteiger partial charge in [-0.3, -0.25) is 0 Å². The minimum Gasteiger partial charge on any atom is -0.305 e. The van der Waals surface area contributed by atoms with Crippen LogP contribution in [0.5, 0.6) is 0 Å². The fraction of sp³-hybridized carbons (Fsp3) is 0.333. The van der Waals surface area contributed by atoms with Gasteiger partial charge < -0.3 is 4.90 Å². The fourth-order valence-electron chi connectivity index (χ4n) is 0.917. The molecule has 0 saturated heterocycles. The van der Waals surface area contributed by atoms with Crippen LogP contribution in [0.1, 0.15) is 0 Å². The molecule has 0 unspecified atom stereocenters. The van der Waals surface area contributed by atoms with Gasteiger partial charge in [-0.15, -0.1) is 5.73 Å². The molecule has 0 N–H and O–H groups in total. The van der Waals surface area contributed by atoms with Crippen LogP contribution in [-0.2, 0) is 0 Å². The predicted octanol–water partition coefficient (Wildman–Crippen LogP) is 1.70. The molecule has 0 aromatic carbocycles. The lowest BCUT2D eigenvalue weighted by Crippen LogP contribution is -2.15. The van der Waals surface area contributed by atoms with Crippen LogP contribution in [0.15, 0.2) is 29.3 Å². The molecule has 0 atom stereocenters. The van der Waals surface area contributed by atoms with Crippen molar-refractivity contribution >= 4 is 0 Å². The molecule has 59 valence electrons. The molecule has 1 aliphatic carbocycles. The van der Waals surface area contributed by atoms with Gasteiger partial charge in [-0.2, -0.15) is 0 Å². The maximum Gasteiger partial charge on any atom is 0.109 e. The Morgan fingerprint density at radius 3 is 2.82 bits per heavy atom. The average molecular weight is 152 g/mol. The average Bonchev–Trinajstić information content (AvgIpc) is 1.85. The molecular weight excluding hydrogens is 141 g/mol. The second kappa shape index (κ2) is 3.51. The van der Waals surface area contributed by atoms with Crippen LogP contribution in [-0.4, -0.2) is 25.5 Å². The van der Waals surface area contributed by atoms with E-state index < -0.39 is 0 Å². The van der Waals surface area contributed by atoms with E-state index in [1.165, 1.54) is 12.5 Å². The van der Waals surface area contributed by atoms with Gasteiger partial charge in [0.05, 0.1) is 6.42 Å². The summed E-state index contributed by atoms with van der Waals surface area (Å²) in [6.07, 6.45) is 4.51. The van der Waals surface area contributed by atoms with Crippen molar-refractivity contribution in [2.24, 2.45) is 0 Å². The van der Waals surface area contributed by atoms with E-state index in [4.69, 9.17) is 0 Å². The number of hydrogen-bond acceptors (Lipinski definition) is 1. The smallest absolute Gasteiger partial charge is 0.109 e. The van der Waals surface area contributed by atoms with E-state index in [2.05, 4.69) is 5.73 Å². The second-order valence-corrected chi connectivity index (χ2v) is 2.77. The number of allylic oxidation sites excluding steroid dienone is 2. The topological polar surface area (TPSA) is 3.24 Å². The third-order valence-electron chi connectivity index (χ3n) is 1.31. The maximum absolute atomic E-state index is 12.6. The minimum atomic E-state index is -0.194. The number of nitrogens with zero attached hydrogens (tertiary/aromatic N) is 1. The lowest BCUT2D eigenvalue weighted by molar-refractivity contribution is 0.445. The molecule has 2 heteroatoms. The highest BCUT2D eigenvalue weighted by Crippen LogP contribution is 2.13. The van der Waals surface area contributed by atoms with E-state index in [9.17, 15) is 4.39 Å².